The van der Waals surface area contributed by atoms with E-state index in [1.54, 1.807) is 4.90 Å². The quantitative estimate of drug-likeness (QED) is 0.852. The Hall–Kier alpha value is -2.42. The molecule has 0 spiro atoms. The molecule has 1 saturated heterocycles. The fourth-order valence-electron chi connectivity index (χ4n) is 2.90. The fraction of sp³-hybridized carbons (Fsp3) is 0.471. The highest BCUT2D eigenvalue weighted by Gasteiger charge is 2.27. The van der Waals surface area contributed by atoms with E-state index in [1.165, 1.54) is 0 Å². The summed E-state index contributed by atoms with van der Waals surface area (Å²) in [6.07, 6.45) is 4.51. The Bertz CT molecular complexity index is 845. The smallest absolute Gasteiger partial charge is 0.335 e. The van der Waals surface area contributed by atoms with Crippen molar-refractivity contribution < 1.29 is 17.6 Å². The lowest BCUT2D eigenvalue weighted by Crippen LogP contribution is -2.44. The molecule has 2 amide bonds. The Morgan fingerprint density at radius 1 is 1.19 bits per heavy atom. The van der Waals surface area contributed by atoms with Gasteiger partial charge in [0.25, 0.3) is 0 Å². The summed E-state index contributed by atoms with van der Waals surface area (Å²) in [7, 11) is -3.60. The van der Waals surface area contributed by atoms with Crippen molar-refractivity contribution in [3.63, 3.8) is 0 Å². The van der Waals surface area contributed by atoms with Gasteiger partial charge in [0.2, 0.25) is 15.7 Å². The van der Waals surface area contributed by atoms with E-state index < -0.39 is 21.1 Å². The van der Waals surface area contributed by atoms with Crippen molar-refractivity contribution in [3.05, 3.63) is 41.8 Å². The number of hydrogen-bond acceptors (Lipinski definition) is 6. The molecule has 0 saturated carbocycles. The molecule has 8 nitrogen and oxygen atoms in total. The second kappa shape index (κ2) is 7.86. The highest BCUT2D eigenvalue weighted by atomic mass is 32.2. The standard InChI is InChI=1S/C17H22N4O4S/c1-26(23,24)17-20-19-15(25-17)14(12-13-8-4-2-5-9-13)18-16(22)21-10-6-3-7-11-21/h2,4-5,8-9,14H,3,6-7,10-12H2,1H3,(H,18,22)/t14-/m0/s1. The molecule has 9 heteroatoms. The number of likely N-dealkylation sites (tertiary alicyclic amines) is 1. The van der Waals surface area contributed by atoms with E-state index in [9.17, 15) is 13.2 Å². The van der Waals surface area contributed by atoms with Gasteiger partial charge in [-0.3, -0.25) is 0 Å². The van der Waals surface area contributed by atoms with E-state index in [0.29, 0.717) is 19.5 Å². The summed E-state index contributed by atoms with van der Waals surface area (Å²) in [5.74, 6) is 0.0830. The number of rotatable bonds is 5. The summed E-state index contributed by atoms with van der Waals surface area (Å²) < 4.78 is 28.5. The largest absolute Gasteiger partial charge is 0.410 e. The van der Waals surface area contributed by atoms with Gasteiger partial charge in [-0.15, -0.1) is 5.10 Å². The predicted molar refractivity (Wildman–Crippen MR) is 94.3 cm³/mol. The minimum Gasteiger partial charge on any atom is -0.410 e. The molecular formula is C17H22N4O4S. The van der Waals surface area contributed by atoms with Crippen LogP contribution in [0.1, 0.15) is 36.8 Å². The summed E-state index contributed by atoms with van der Waals surface area (Å²) in [5, 5.41) is 9.91. The normalized spacial score (nSPS) is 16.3. The lowest BCUT2D eigenvalue weighted by Gasteiger charge is -2.28. The number of benzene rings is 1. The van der Waals surface area contributed by atoms with Crippen molar-refractivity contribution in [2.24, 2.45) is 0 Å². The zero-order chi connectivity index (χ0) is 18.6. The van der Waals surface area contributed by atoms with Crippen LogP contribution in [0.25, 0.3) is 0 Å². The summed E-state index contributed by atoms with van der Waals surface area (Å²) in [6.45, 7) is 1.42. The number of nitrogens with one attached hydrogen (secondary N) is 1. The molecular weight excluding hydrogens is 356 g/mol. The average molecular weight is 378 g/mol. The SMILES string of the molecule is CS(=O)(=O)c1nnc([C@H](Cc2ccccc2)NC(=O)N2CCCCC2)o1. The Balaban J connectivity index is 1.81. The van der Waals surface area contributed by atoms with Gasteiger partial charge in [-0.1, -0.05) is 35.4 Å². The monoisotopic (exact) mass is 378 g/mol. The topological polar surface area (TPSA) is 105 Å². The summed E-state index contributed by atoms with van der Waals surface area (Å²) in [5.41, 5.74) is 0.968. The number of aromatic nitrogens is 2. The van der Waals surface area contributed by atoms with Gasteiger partial charge < -0.3 is 14.6 Å². The first-order valence-electron chi connectivity index (χ1n) is 8.56. The van der Waals surface area contributed by atoms with Crippen LogP contribution in [0.3, 0.4) is 0 Å². The highest BCUT2D eigenvalue weighted by Crippen LogP contribution is 2.20. The molecule has 3 rings (SSSR count). The molecule has 0 radical (unpaired) electrons. The number of nitrogens with zero attached hydrogens (tertiary/aromatic N) is 3. The number of hydrogen-bond donors (Lipinski definition) is 1. The third kappa shape index (κ3) is 4.60. The van der Waals surface area contributed by atoms with Crippen molar-refractivity contribution in [2.75, 3.05) is 19.3 Å². The van der Waals surface area contributed by atoms with E-state index in [2.05, 4.69) is 15.5 Å². The highest BCUT2D eigenvalue weighted by molar-refractivity contribution is 7.90. The number of piperidine rings is 1. The van der Waals surface area contributed by atoms with Crippen molar-refractivity contribution in [2.45, 2.75) is 36.9 Å². The second-order valence-electron chi connectivity index (χ2n) is 6.42. The summed E-state index contributed by atoms with van der Waals surface area (Å²) in [4.78, 5) is 14.3. The summed E-state index contributed by atoms with van der Waals surface area (Å²) >= 11 is 0. The zero-order valence-electron chi connectivity index (χ0n) is 14.6. The van der Waals surface area contributed by atoms with Gasteiger partial charge in [-0.05, 0) is 24.8 Å². The number of urea groups is 1. The van der Waals surface area contributed by atoms with E-state index in [0.717, 1.165) is 31.1 Å². The molecule has 1 fully saturated rings. The average Bonchev–Trinajstić information content (AvgIpc) is 3.13. The maximum Gasteiger partial charge on any atom is 0.335 e. The van der Waals surface area contributed by atoms with Crippen LogP contribution in [0.5, 0.6) is 0 Å². The van der Waals surface area contributed by atoms with Crippen LogP contribution in [0.4, 0.5) is 4.79 Å². The molecule has 1 aliphatic rings. The lowest BCUT2D eigenvalue weighted by atomic mass is 10.1. The van der Waals surface area contributed by atoms with Gasteiger partial charge in [-0.2, -0.15) is 0 Å². The van der Waals surface area contributed by atoms with Crippen molar-refractivity contribution in [3.8, 4) is 0 Å². The molecule has 1 aliphatic heterocycles. The minimum atomic E-state index is -3.60. The Kier molecular flexibility index (Phi) is 5.55. The number of carbonyl (C=O) groups excluding carboxylic acids is 1. The molecule has 1 aromatic heterocycles. The van der Waals surface area contributed by atoms with Gasteiger partial charge in [0.15, 0.2) is 0 Å². The van der Waals surface area contributed by atoms with E-state index in [1.807, 2.05) is 30.3 Å². The Morgan fingerprint density at radius 3 is 2.50 bits per heavy atom. The van der Waals surface area contributed by atoms with E-state index in [-0.39, 0.29) is 11.9 Å². The predicted octanol–water partition coefficient (Wildman–Crippen LogP) is 1.95. The molecule has 26 heavy (non-hydrogen) atoms. The number of sulfone groups is 1. The molecule has 140 valence electrons. The molecule has 1 aromatic carbocycles. The van der Waals surface area contributed by atoms with Crippen LogP contribution in [-0.2, 0) is 16.3 Å². The number of carbonyl (C=O) groups is 1. The molecule has 2 aromatic rings. The molecule has 0 bridgehead atoms. The Morgan fingerprint density at radius 2 is 1.88 bits per heavy atom. The first-order valence-corrected chi connectivity index (χ1v) is 10.5. The van der Waals surface area contributed by atoms with Gasteiger partial charge in [0, 0.05) is 25.8 Å². The van der Waals surface area contributed by atoms with Crippen molar-refractivity contribution in [1.82, 2.24) is 20.4 Å². The fourth-order valence-corrected chi connectivity index (χ4v) is 3.32. The lowest BCUT2D eigenvalue weighted by molar-refractivity contribution is 0.180. The molecule has 2 heterocycles. The van der Waals surface area contributed by atoms with E-state index in [4.69, 9.17) is 4.42 Å². The van der Waals surface area contributed by atoms with Crippen LogP contribution in [-0.4, -0.2) is 48.9 Å². The molecule has 0 unspecified atom stereocenters. The van der Waals surface area contributed by atoms with Crippen LogP contribution < -0.4 is 5.32 Å². The summed E-state index contributed by atoms with van der Waals surface area (Å²) in [6, 6.07) is 8.74. The number of amides is 2. The second-order valence-corrected chi connectivity index (χ2v) is 8.31. The van der Waals surface area contributed by atoms with Crippen LogP contribution in [0.2, 0.25) is 0 Å². The minimum absolute atomic E-state index is 0.0830. The maximum atomic E-state index is 12.6. The van der Waals surface area contributed by atoms with Crippen molar-refractivity contribution in [1.29, 1.82) is 0 Å². The maximum absolute atomic E-state index is 12.6. The van der Waals surface area contributed by atoms with Crippen LogP contribution in [0, 0.1) is 0 Å². The van der Waals surface area contributed by atoms with Gasteiger partial charge in [0.05, 0.1) is 0 Å². The van der Waals surface area contributed by atoms with Gasteiger partial charge >= 0.3 is 11.3 Å². The van der Waals surface area contributed by atoms with Gasteiger partial charge in [-0.25, -0.2) is 13.2 Å². The molecule has 1 atom stereocenters. The van der Waals surface area contributed by atoms with Crippen LogP contribution in [0.15, 0.2) is 40.0 Å². The first-order chi connectivity index (χ1) is 12.4. The van der Waals surface area contributed by atoms with Crippen molar-refractivity contribution >= 4 is 15.9 Å². The Labute approximate surface area is 152 Å². The van der Waals surface area contributed by atoms with Crippen LogP contribution >= 0.6 is 0 Å². The first kappa shape index (κ1) is 18.4. The van der Waals surface area contributed by atoms with E-state index >= 15 is 0 Å². The third-order valence-corrected chi connectivity index (χ3v) is 5.06. The molecule has 1 N–H and O–H groups in total. The zero-order valence-corrected chi connectivity index (χ0v) is 15.4. The van der Waals surface area contributed by atoms with Gasteiger partial charge in [0.1, 0.15) is 6.04 Å². The molecule has 0 aliphatic carbocycles. The third-order valence-electron chi connectivity index (χ3n) is 4.26.